The molecule has 2 heterocycles. The molecule has 5 heteroatoms. The molecule has 0 aliphatic rings. The largest absolute Gasteiger partial charge is 0.354 e. The maximum absolute atomic E-state index is 13.6. The summed E-state index contributed by atoms with van der Waals surface area (Å²) < 4.78 is 13.6. The number of pyridine rings is 1. The Kier molecular flexibility index (Phi) is 4.17. The summed E-state index contributed by atoms with van der Waals surface area (Å²) in [7, 11) is 0. The first-order valence-electron chi connectivity index (χ1n) is 5.93. The molecule has 2 rings (SSSR count). The lowest BCUT2D eigenvalue weighted by Crippen LogP contribution is -2.07. The molecule has 0 atom stereocenters. The van der Waals surface area contributed by atoms with Gasteiger partial charge in [0.1, 0.15) is 0 Å². The lowest BCUT2D eigenvalue weighted by molar-refractivity contribution is 0.596. The van der Waals surface area contributed by atoms with Crippen LogP contribution in [0.25, 0.3) is 0 Å². The number of hydrogen-bond acceptors (Lipinski definition) is 4. The molecule has 0 spiro atoms. The molecule has 4 nitrogen and oxygen atoms in total. The fourth-order valence-corrected chi connectivity index (χ4v) is 1.54. The summed E-state index contributed by atoms with van der Waals surface area (Å²) in [5, 5.41) is 3.04. The van der Waals surface area contributed by atoms with Gasteiger partial charge >= 0.3 is 0 Å². The Morgan fingerprint density at radius 3 is 2.94 bits per heavy atom. The topological polar surface area (TPSA) is 50.7 Å². The van der Waals surface area contributed by atoms with Crippen LogP contribution in [0, 0.1) is 5.82 Å². The summed E-state index contributed by atoms with van der Waals surface area (Å²) in [6, 6.07) is 3.72. The van der Waals surface area contributed by atoms with E-state index in [0.717, 1.165) is 18.5 Å². The minimum atomic E-state index is -0.388. The van der Waals surface area contributed by atoms with E-state index >= 15 is 0 Å². The van der Waals surface area contributed by atoms with E-state index in [2.05, 4.69) is 20.3 Å². The van der Waals surface area contributed by atoms with Crippen LogP contribution in [0.1, 0.15) is 24.6 Å². The van der Waals surface area contributed by atoms with E-state index in [1.165, 1.54) is 6.20 Å². The van der Waals surface area contributed by atoms with Gasteiger partial charge in [0.05, 0.1) is 11.9 Å². The average molecular weight is 246 g/mol. The Morgan fingerprint density at radius 2 is 2.22 bits per heavy atom. The maximum Gasteiger partial charge on any atom is 0.223 e. The van der Waals surface area contributed by atoms with E-state index in [-0.39, 0.29) is 5.82 Å². The SMILES string of the molecule is CCCNc1ncc(F)c(Cc2cccnc2)n1. The molecule has 0 aliphatic heterocycles. The van der Waals surface area contributed by atoms with Gasteiger partial charge in [0.25, 0.3) is 0 Å². The Labute approximate surface area is 105 Å². The van der Waals surface area contributed by atoms with Crippen LogP contribution in [-0.4, -0.2) is 21.5 Å². The van der Waals surface area contributed by atoms with Gasteiger partial charge in [-0.2, -0.15) is 0 Å². The Balaban J connectivity index is 2.16. The summed E-state index contributed by atoms with van der Waals surface area (Å²) >= 11 is 0. The molecule has 18 heavy (non-hydrogen) atoms. The van der Waals surface area contributed by atoms with Crippen LogP contribution in [0.4, 0.5) is 10.3 Å². The number of nitrogens with one attached hydrogen (secondary N) is 1. The molecule has 0 unspecified atom stereocenters. The third-order valence-electron chi connectivity index (χ3n) is 2.44. The summed E-state index contributed by atoms with van der Waals surface area (Å²) in [5.41, 5.74) is 1.31. The van der Waals surface area contributed by atoms with Gasteiger partial charge in [0.15, 0.2) is 5.82 Å². The van der Waals surface area contributed by atoms with Crippen molar-refractivity contribution in [2.24, 2.45) is 0 Å². The van der Waals surface area contributed by atoms with E-state index in [1.807, 2.05) is 19.1 Å². The normalized spacial score (nSPS) is 10.3. The molecule has 2 aromatic rings. The molecular formula is C13H15FN4. The molecule has 0 amide bonds. The maximum atomic E-state index is 13.6. The lowest BCUT2D eigenvalue weighted by atomic mass is 10.1. The second kappa shape index (κ2) is 6.05. The molecule has 94 valence electrons. The van der Waals surface area contributed by atoms with Gasteiger partial charge in [-0.3, -0.25) is 4.98 Å². The van der Waals surface area contributed by atoms with Crippen LogP contribution in [0.15, 0.2) is 30.7 Å². The van der Waals surface area contributed by atoms with E-state index in [0.29, 0.717) is 18.1 Å². The van der Waals surface area contributed by atoms with Crippen molar-refractivity contribution in [1.29, 1.82) is 0 Å². The summed E-state index contributed by atoms with van der Waals surface area (Å²) in [4.78, 5) is 12.1. The van der Waals surface area contributed by atoms with E-state index < -0.39 is 0 Å². The van der Waals surface area contributed by atoms with Crippen LogP contribution < -0.4 is 5.32 Å². The van der Waals surface area contributed by atoms with E-state index in [9.17, 15) is 4.39 Å². The van der Waals surface area contributed by atoms with Crippen molar-refractivity contribution in [3.8, 4) is 0 Å². The zero-order valence-electron chi connectivity index (χ0n) is 10.2. The molecule has 0 bridgehead atoms. The first kappa shape index (κ1) is 12.4. The van der Waals surface area contributed by atoms with Crippen LogP contribution in [0.2, 0.25) is 0 Å². The second-order valence-electron chi connectivity index (χ2n) is 3.95. The summed E-state index contributed by atoms with van der Waals surface area (Å²) in [5.74, 6) is 0.0815. The predicted molar refractivity (Wildman–Crippen MR) is 67.8 cm³/mol. The highest BCUT2D eigenvalue weighted by Gasteiger charge is 2.07. The molecule has 2 aromatic heterocycles. The third kappa shape index (κ3) is 3.23. The average Bonchev–Trinajstić information content (AvgIpc) is 2.41. The molecule has 0 saturated heterocycles. The Morgan fingerprint density at radius 1 is 1.33 bits per heavy atom. The van der Waals surface area contributed by atoms with Crippen molar-refractivity contribution in [2.75, 3.05) is 11.9 Å². The molecule has 1 N–H and O–H groups in total. The zero-order valence-corrected chi connectivity index (χ0v) is 10.2. The number of halogens is 1. The number of rotatable bonds is 5. The lowest BCUT2D eigenvalue weighted by Gasteiger charge is -2.06. The quantitative estimate of drug-likeness (QED) is 0.880. The second-order valence-corrected chi connectivity index (χ2v) is 3.95. The molecule has 0 aromatic carbocycles. The van der Waals surface area contributed by atoms with Crippen molar-refractivity contribution in [3.05, 3.63) is 47.8 Å². The fraction of sp³-hybridized carbons (Fsp3) is 0.308. The number of nitrogens with zero attached hydrogens (tertiary/aromatic N) is 3. The predicted octanol–water partition coefficient (Wildman–Crippen LogP) is 2.42. The van der Waals surface area contributed by atoms with Crippen LogP contribution >= 0.6 is 0 Å². The highest BCUT2D eigenvalue weighted by atomic mass is 19.1. The highest BCUT2D eigenvalue weighted by molar-refractivity contribution is 5.28. The van der Waals surface area contributed by atoms with Gasteiger partial charge < -0.3 is 5.32 Å². The van der Waals surface area contributed by atoms with Crippen LogP contribution in [-0.2, 0) is 6.42 Å². The van der Waals surface area contributed by atoms with Gasteiger partial charge in [-0.1, -0.05) is 13.0 Å². The zero-order chi connectivity index (χ0) is 12.8. The minimum Gasteiger partial charge on any atom is -0.354 e. The highest BCUT2D eigenvalue weighted by Crippen LogP contribution is 2.11. The number of hydrogen-bond donors (Lipinski definition) is 1. The van der Waals surface area contributed by atoms with Gasteiger partial charge in [0.2, 0.25) is 5.95 Å². The van der Waals surface area contributed by atoms with E-state index in [4.69, 9.17) is 0 Å². The van der Waals surface area contributed by atoms with Gasteiger partial charge in [0, 0.05) is 25.4 Å². The molecular weight excluding hydrogens is 231 g/mol. The minimum absolute atomic E-state index is 0.386. The molecule has 0 aliphatic carbocycles. The summed E-state index contributed by atoms with van der Waals surface area (Å²) in [6.07, 6.45) is 5.99. The van der Waals surface area contributed by atoms with Crippen molar-refractivity contribution in [1.82, 2.24) is 15.0 Å². The standard InChI is InChI=1S/C13H15FN4/c1-2-5-16-13-17-9-11(14)12(18-13)7-10-4-3-6-15-8-10/h3-4,6,8-9H,2,5,7H2,1H3,(H,16,17,18). The monoisotopic (exact) mass is 246 g/mol. The smallest absolute Gasteiger partial charge is 0.223 e. The van der Waals surface area contributed by atoms with E-state index in [1.54, 1.807) is 12.4 Å². The number of anilines is 1. The molecule has 0 radical (unpaired) electrons. The van der Waals surface area contributed by atoms with Crippen molar-refractivity contribution >= 4 is 5.95 Å². The van der Waals surface area contributed by atoms with Gasteiger partial charge in [-0.15, -0.1) is 0 Å². The first-order valence-corrected chi connectivity index (χ1v) is 5.93. The van der Waals surface area contributed by atoms with Crippen LogP contribution in [0.5, 0.6) is 0 Å². The molecule has 0 fully saturated rings. The van der Waals surface area contributed by atoms with Gasteiger partial charge in [-0.05, 0) is 18.1 Å². The third-order valence-corrected chi connectivity index (χ3v) is 2.44. The van der Waals surface area contributed by atoms with Crippen molar-refractivity contribution < 1.29 is 4.39 Å². The number of aromatic nitrogens is 3. The Hall–Kier alpha value is -2.04. The fourth-order valence-electron chi connectivity index (χ4n) is 1.54. The Bertz CT molecular complexity index is 502. The van der Waals surface area contributed by atoms with Gasteiger partial charge in [-0.25, -0.2) is 14.4 Å². The van der Waals surface area contributed by atoms with Crippen molar-refractivity contribution in [2.45, 2.75) is 19.8 Å². The molecule has 0 saturated carbocycles. The van der Waals surface area contributed by atoms with Crippen LogP contribution in [0.3, 0.4) is 0 Å². The van der Waals surface area contributed by atoms with Crippen molar-refractivity contribution in [3.63, 3.8) is 0 Å². The summed E-state index contributed by atoms with van der Waals surface area (Å²) in [6.45, 7) is 2.82. The first-order chi connectivity index (χ1) is 8.79.